The van der Waals surface area contributed by atoms with Gasteiger partial charge in [0.25, 0.3) is 5.91 Å². The van der Waals surface area contributed by atoms with Gasteiger partial charge in [-0.25, -0.2) is 4.79 Å². The Kier molecular flexibility index (Phi) is 9.32. The van der Waals surface area contributed by atoms with Gasteiger partial charge < -0.3 is 14.8 Å². The Morgan fingerprint density at radius 2 is 1.80 bits per heavy atom. The second-order valence-electron chi connectivity index (χ2n) is 7.15. The predicted molar refractivity (Wildman–Crippen MR) is 140 cm³/mol. The van der Waals surface area contributed by atoms with Crippen molar-refractivity contribution in [3.05, 3.63) is 97.4 Å². The smallest absolute Gasteiger partial charge is 0.338 e. The van der Waals surface area contributed by atoms with Crippen molar-refractivity contribution in [1.82, 2.24) is 0 Å². The van der Waals surface area contributed by atoms with Gasteiger partial charge in [0, 0.05) is 5.69 Å². The minimum absolute atomic E-state index is 0.0872. The summed E-state index contributed by atoms with van der Waals surface area (Å²) in [5.74, 6) is -0.441. The summed E-state index contributed by atoms with van der Waals surface area (Å²) in [6.07, 6.45) is 1.47. The van der Waals surface area contributed by atoms with Crippen molar-refractivity contribution in [2.45, 2.75) is 13.5 Å². The van der Waals surface area contributed by atoms with E-state index in [9.17, 15) is 14.9 Å². The Balaban J connectivity index is 1.67. The number of ether oxygens (including phenoxy) is 2. The highest BCUT2D eigenvalue weighted by Crippen LogP contribution is 2.29. The lowest BCUT2D eigenvalue weighted by molar-refractivity contribution is -0.112. The zero-order chi connectivity index (χ0) is 25.4. The average Bonchev–Trinajstić information content (AvgIpc) is 2.84. The zero-order valence-electron chi connectivity index (χ0n) is 18.5. The Hall–Kier alpha value is -3.31. The van der Waals surface area contributed by atoms with Gasteiger partial charge in [0.2, 0.25) is 0 Å². The van der Waals surface area contributed by atoms with Crippen molar-refractivity contribution in [3.8, 4) is 11.8 Å². The van der Waals surface area contributed by atoms with Crippen LogP contribution in [0.2, 0.25) is 10.0 Å². The Morgan fingerprint density at radius 1 is 1.06 bits per heavy atom. The molecule has 0 bridgehead atoms. The first-order chi connectivity index (χ1) is 16.8. The van der Waals surface area contributed by atoms with Crippen LogP contribution >= 0.6 is 39.1 Å². The Morgan fingerprint density at radius 3 is 2.43 bits per heavy atom. The zero-order valence-corrected chi connectivity index (χ0v) is 21.6. The Bertz CT molecular complexity index is 1320. The lowest BCUT2D eigenvalue weighted by Gasteiger charge is -2.10. The number of esters is 1. The molecular weight excluding hydrogens is 555 g/mol. The number of nitrogens with zero attached hydrogens (tertiary/aromatic N) is 1. The molecular formula is C26H19BrCl2N2O4. The standard InChI is InChI=1S/C26H19BrCl2N2O4/c1-2-34-26(33)18-5-7-20(8-6-18)31-25(32)19(14-30)11-16-4-10-24(21(27)12-16)35-15-17-3-9-22(28)23(29)13-17/h3-13H,2,15H2,1H3,(H,31,32)/b19-11+. The van der Waals surface area contributed by atoms with Gasteiger partial charge >= 0.3 is 5.97 Å². The van der Waals surface area contributed by atoms with E-state index in [0.717, 1.165) is 5.56 Å². The molecule has 0 spiro atoms. The van der Waals surface area contributed by atoms with Crippen molar-refractivity contribution in [3.63, 3.8) is 0 Å². The van der Waals surface area contributed by atoms with Crippen LogP contribution < -0.4 is 10.1 Å². The third-order valence-electron chi connectivity index (χ3n) is 4.66. The van der Waals surface area contributed by atoms with Crippen molar-refractivity contribution in [2.24, 2.45) is 0 Å². The lowest BCUT2D eigenvalue weighted by Crippen LogP contribution is -2.13. The molecule has 178 valence electrons. The van der Waals surface area contributed by atoms with Gasteiger partial charge in [0.15, 0.2) is 0 Å². The minimum Gasteiger partial charge on any atom is -0.488 e. The van der Waals surface area contributed by atoms with Crippen LogP contribution in [0.3, 0.4) is 0 Å². The maximum absolute atomic E-state index is 12.6. The van der Waals surface area contributed by atoms with Crippen LogP contribution in [0, 0.1) is 11.3 Å². The number of carbonyl (C=O) groups is 2. The molecule has 0 saturated carbocycles. The van der Waals surface area contributed by atoms with Gasteiger partial charge in [-0.05, 0) is 88.6 Å². The summed E-state index contributed by atoms with van der Waals surface area (Å²) in [7, 11) is 0. The van der Waals surface area contributed by atoms with E-state index in [1.165, 1.54) is 18.2 Å². The van der Waals surface area contributed by atoms with Gasteiger partial charge in [-0.3, -0.25) is 4.79 Å². The Labute approximate surface area is 221 Å². The van der Waals surface area contributed by atoms with Crippen molar-refractivity contribution in [2.75, 3.05) is 11.9 Å². The van der Waals surface area contributed by atoms with E-state index in [2.05, 4.69) is 21.2 Å². The van der Waals surface area contributed by atoms with Gasteiger partial charge in [-0.2, -0.15) is 5.26 Å². The van der Waals surface area contributed by atoms with Gasteiger partial charge in [0.1, 0.15) is 24.0 Å². The number of halogens is 3. The number of hydrogen-bond acceptors (Lipinski definition) is 5. The maximum atomic E-state index is 12.6. The third kappa shape index (κ3) is 7.33. The van der Waals surface area contributed by atoms with Crippen LogP contribution in [0.1, 0.15) is 28.4 Å². The quantitative estimate of drug-likeness (QED) is 0.177. The normalized spacial score (nSPS) is 10.9. The van der Waals surface area contributed by atoms with Crippen molar-refractivity contribution < 1.29 is 19.1 Å². The van der Waals surface area contributed by atoms with Crippen molar-refractivity contribution in [1.29, 1.82) is 5.26 Å². The SMILES string of the molecule is CCOC(=O)c1ccc(NC(=O)/C(C#N)=C/c2ccc(OCc3ccc(Cl)c(Cl)c3)c(Br)c2)cc1. The van der Waals surface area contributed by atoms with Crippen LogP contribution in [0.15, 0.2) is 70.7 Å². The molecule has 0 aromatic heterocycles. The molecule has 0 aliphatic rings. The molecule has 0 saturated heterocycles. The summed E-state index contributed by atoms with van der Waals surface area (Å²) >= 11 is 15.4. The van der Waals surface area contributed by atoms with E-state index in [0.29, 0.717) is 37.1 Å². The van der Waals surface area contributed by atoms with E-state index in [1.807, 2.05) is 12.1 Å². The van der Waals surface area contributed by atoms with E-state index in [-0.39, 0.29) is 18.8 Å². The molecule has 0 aliphatic carbocycles. The fourth-order valence-corrected chi connectivity index (χ4v) is 3.76. The largest absolute Gasteiger partial charge is 0.488 e. The molecule has 3 rings (SSSR count). The molecule has 0 fully saturated rings. The minimum atomic E-state index is -0.576. The second kappa shape index (κ2) is 12.4. The van der Waals surface area contributed by atoms with Gasteiger partial charge in [-0.1, -0.05) is 35.3 Å². The van der Waals surface area contributed by atoms with E-state index < -0.39 is 11.9 Å². The molecule has 0 heterocycles. The number of benzene rings is 3. The monoisotopic (exact) mass is 572 g/mol. The van der Waals surface area contributed by atoms with Crippen LogP contribution in [-0.2, 0) is 16.1 Å². The van der Waals surface area contributed by atoms with Crippen LogP contribution in [0.5, 0.6) is 5.75 Å². The molecule has 3 aromatic rings. The fraction of sp³-hybridized carbons (Fsp3) is 0.115. The molecule has 6 nitrogen and oxygen atoms in total. The first-order valence-corrected chi connectivity index (χ1v) is 11.9. The van der Waals surface area contributed by atoms with Crippen LogP contribution in [0.4, 0.5) is 5.69 Å². The summed E-state index contributed by atoms with van der Waals surface area (Å²) in [4.78, 5) is 24.3. The number of rotatable bonds is 8. The number of amides is 1. The second-order valence-corrected chi connectivity index (χ2v) is 8.82. The van der Waals surface area contributed by atoms with Gasteiger partial charge in [0.05, 0.1) is 26.7 Å². The highest BCUT2D eigenvalue weighted by molar-refractivity contribution is 9.10. The highest BCUT2D eigenvalue weighted by Gasteiger charge is 2.12. The highest BCUT2D eigenvalue weighted by atomic mass is 79.9. The molecule has 0 aliphatic heterocycles. The average molecular weight is 574 g/mol. The number of nitriles is 1. The molecule has 35 heavy (non-hydrogen) atoms. The number of nitrogens with one attached hydrogen (secondary N) is 1. The molecule has 0 atom stereocenters. The number of carbonyl (C=O) groups excluding carboxylic acids is 2. The summed E-state index contributed by atoms with van der Waals surface area (Å²) in [6, 6.07) is 18.6. The topological polar surface area (TPSA) is 88.4 Å². The van der Waals surface area contributed by atoms with E-state index in [4.69, 9.17) is 32.7 Å². The molecule has 9 heteroatoms. The summed E-state index contributed by atoms with van der Waals surface area (Å²) in [5, 5.41) is 13.1. The maximum Gasteiger partial charge on any atom is 0.338 e. The molecule has 1 amide bonds. The summed E-state index contributed by atoms with van der Waals surface area (Å²) in [6.45, 7) is 2.28. The predicted octanol–water partition coefficient (Wildman–Crippen LogP) is 7.06. The number of anilines is 1. The van der Waals surface area contributed by atoms with Crippen LogP contribution in [-0.4, -0.2) is 18.5 Å². The molecule has 0 unspecified atom stereocenters. The first kappa shape index (κ1) is 26.3. The first-order valence-electron chi connectivity index (χ1n) is 10.4. The van der Waals surface area contributed by atoms with E-state index in [1.54, 1.807) is 49.4 Å². The lowest BCUT2D eigenvalue weighted by atomic mass is 10.1. The van der Waals surface area contributed by atoms with Gasteiger partial charge in [-0.15, -0.1) is 0 Å². The van der Waals surface area contributed by atoms with E-state index >= 15 is 0 Å². The van der Waals surface area contributed by atoms with Crippen LogP contribution in [0.25, 0.3) is 6.08 Å². The fourth-order valence-electron chi connectivity index (χ4n) is 2.93. The third-order valence-corrected chi connectivity index (χ3v) is 6.02. The summed E-state index contributed by atoms with van der Waals surface area (Å²) in [5.41, 5.74) is 2.21. The molecule has 1 N–H and O–H groups in total. The molecule has 3 aromatic carbocycles. The van der Waals surface area contributed by atoms with Crippen molar-refractivity contribution >= 4 is 62.8 Å². The molecule has 0 radical (unpaired) electrons. The summed E-state index contributed by atoms with van der Waals surface area (Å²) < 4.78 is 11.4. The number of hydrogen-bond donors (Lipinski definition) is 1.